The molecule has 1 aliphatic heterocycles. The molecule has 1 aromatic heterocycles. The maximum Gasteiger partial charge on any atom is 0.256 e. The summed E-state index contributed by atoms with van der Waals surface area (Å²) >= 11 is 1.89. The largest absolute Gasteiger partial charge is 0.473 e. The van der Waals surface area contributed by atoms with Crippen molar-refractivity contribution >= 4 is 17.7 Å². The molecule has 1 atom stereocenters. The first-order valence-corrected chi connectivity index (χ1v) is 9.64. The molecular weight excluding hydrogens is 308 g/mol. The molecule has 1 unspecified atom stereocenters. The third-order valence-corrected chi connectivity index (χ3v) is 5.43. The molecule has 0 saturated carbocycles. The first-order valence-electron chi connectivity index (χ1n) is 8.48. The minimum absolute atomic E-state index is 0.0878. The van der Waals surface area contributed by atoms with Crippen LogP contribution in [0.25, 0.3) is 0 Å². The van der Waals surface area contributed by atoms with Gasteiger partial charge in [0.05, 0.1) is 0 Å². The number of hydrogen-bond acceptors (Lipinski definition) is 4. The van der Waals surface area contributed by atoms with Gasteiger partial charge in [0.15, 0.2) is 0 Å². The lowest BCUT2D eigenvalue weighted by molar-refractivity contribution is 0.0946. The molecule has 2 aliphatic rings. The number of pyridine rings is 1. The third-order valence-electron chi connectivity index (χ3n) is 4.30. The van der Waals surface area contributed by atoms with E-state index in [0.717, 1.165) is 24.3 Å². The van der Waals surface area contributed by atoms with Gasteiger partial charge < -0.3 is 10.1 Å². The van der Waals surface area contributed by atoms with Crippen LogP contribution in [0.2, 0.25) is 0 Å². The van der Waals surface area contributed by atoms with Crippen LogP contribution in [0.5, 0.6) is 5.88 Å². The van der Waals surface area contributed by atoms with Crippen LogP contribution < -0.4 is 10.1 Å². The zero-order chi connectivity index (χ0) is 15.9. The number of allylic oxidation sites excluding steroid dienone is 1. The van der Waals surface area contributed by atoms with Crippen molar-refractivity contribution in [2.24, 2.45) is 0 Å². The lowest BCUT2D eigenvalue weighted by Crippen LogP contribution is -2.27. The second-order valence-electron chi connectivity index (χ2n) is 6.07. The molecule has 5 heteroatoms. The molecule has 1 N–H and O–H groups in total. The van der Waals surface area contributed by atoms with Gasteiger partial charge in [-0.25, -0.2) is 4.98 Å². The molecule has 0 aromatic carbocycles. The standard InChI is InChI=1S/C18H24N2O2S/c21-17(19-11-8-14-5-2-1-3-6-14)16-7-4-10-20-18(16)22-15-9-12-23-13-15/h4-5,7,10,15H,1-3,6,8-9,11-13H2,(H,19,21). The summed E-state index contributed by atoms with van der Waals surface area (Å²) in [7, 11) is 0. The summed E-state index contributed by atoms with van der Waals surface area (Å²) in [5.41, 5.74) is 2.02. The van der Waals surface area contributed by atoms with Gasteiger partial charge in [0, 0.05) is 18.5 Å². The summed E-state index contributed by atoms with van der Waals surface area (Å²) < 4.78 is 5.92. The van der Waals surface area contributed by atoms with Gasteiger partial charge in [0.1, 0.15) is 11.7 Å². The Hall–Kier alpha value is -1.49. The lowest BCUT2D eigenvalue weighted by Gasteiger charge is -2.15. The number of rotatable bonds is 6. The normalized spacial score (nSPS) is 20.9. The Labute approximate surface area is 142 Å². The average molecular weight is 332 g/mol. The summed E-state index contributed by atoms with van der Waals surface area (Å²) in [6, 6.07) is 3.58. The highest BCUT2D eigenvalue weighted by Crippen LogP contribution is 2.24. The summed E-state index contributed by atoms with van der Waals surface area (Å²) in [5.74, 6) is 2.48. The molecule has 2 heterocycles. The first-order chi connectivity index (χ1) is 11.3. The molecule has 124 valence electrons. The van der Waals surface area contributed by atoms with E-state index in [1.807, 2.05) is 11.8 Å². The Kier molecular flexibility index (Phi) is 5.97. The van der Waals surface area contributed by atoms with E-state index in [9.17, 15) is 4.79 Å². The maximum atomic E-state index is 12.4. The van der Waals surface area contributed by atoms with Gasteiger partial charge in [0.25, 0.3) is 5.91 Å². The van der Waals surface area contributed by atoms with Gasteiger partial charge in [-0.3, -0.25) is 4.79 Å². The van der Waals surface area contributed by atoms with Crippen molar-refractivity contribution in [1.82, 2.24) is 10.3 Å². The van der Waals surface area contributed by atoms with Gasteiger partial charge in [0.2, 0.25) is 5.88 Å². The Morgan fingerprint density at radius 2 is 2.39 bits per heavy atom. The van der Waals surface area contributed by atoms with Crippen LogP contribution in [-0.4, -0.2) is 35.0 Å². The highest BCUT2D eigenvalue weighted by Gasteiger charge is 2.21. The zero-order valence-electron chi connectivity index (χ0n) is 13.4. The minimum atomic E-state index is -0.0878. The molecule has 0 bridgehead atoms. The van der Waals surface area contributed by atoms with Crippen LogP contribution in [0, 0.1) is 0 Å². The summed E-state index contributed by atoms with van der Waals surface area (Å²) in [6.07, 6.45) is 11.1. The molecular formula is C18H24N2O2S. The van der Waals surface area contributed by atoms with Crippen LogP contribution in [0.3, 0.4) is 0 Å². The molecule has 0 spiro atoms. The maximum absolute atomic E-state index is 12.4. The number of hydrogen-bond donors (Lipinski definition) is 1. The number of nitrogens with zero attached hydrogens (tertiary/aromatic N) is 1. The molecule has 1 amide bonds. The molecule has 23 heavy (non-hydrogen) atoms. The predicted octanol–water partition coefficient (Wildman–Crippen LogP) is 3.59. The Bertz CT molecular complexity index is 568. The summed E-state index contributed by atoms with van der Waals surface area (Å²) in [4.78, 5) is 16.7. The number of amides is 1. The van der Waals surface area contributed by atoms with Crippen LogP contribution in [-0.2, 0) is 0 Å². The highest BCUT2D eigenvalue weighted by molar-refractivity contribution is 7.99. The van der Waals surface area contributed by atoms with E-state index in [1.165, 1.54) is 31.3 Å². The van der Waals surface area contributed by atoms with Gasteiger partial charge in [-0.2, -0.15) is 11.8 Å². The fourth-order valence-corrected chi connectivity index (χ4v) is 4.08. The average Bonchev–Trinajstić information content (AvgIpc) is 3.09. The van der Waals surface area contributed by atoms with E-state index in [4.69, 9.17) is 4.74 Å². The van der Waals surface area contributed by atoms with Crippen LogP contribution in [0.15, 0.2) is 30.0 Å². The van der Waals surface area contributed by atoms with E-state index >= 15 is 0 Å². The fourth-order valence-electron chi connectivity index (χ4n) is 2.98. The smallest absolute Gasteiger partial charge is 0.256 e. The summed E-state index contributed by atoms with van der Waals surface area (Å²) in [6.45, 7) is 0.679. The Balaban J connectivity index is 1.54. The third kappa shape index (κ3) is 4.74. The SMILES string of the molecule is O=C(NCCC1=CCCCC1)c1cccnc1OC1CCSC1. The topological polar surface area (TPSA) is 51.2 Å². The van der Waals surface area contributed by atoms with Gasteiger partial charge >= 0.3 is 0 Å². The molecule has 1 saturated heterocycles. The number of carbonyl (C=O) groups is 1. The molecule has 3 rings (SSSR count). The van der Waals surface area contributed by atoms with Crippen LogP contribution in [0.4, 0.5) is 0 Å². The van der Waals surface area contributed by atoms with Crippen molar-refractivity contribution in [1.29, 1.82) is 0 Å². The molecule has 1 aromatic rings. The zero-order valence-corrected chi connectivity index (χ0v) is 14.2. The van der Waals surface area contributed by atoms with E-state index in [1.54, 1.807) is 18.3 Å². The van der Waals surface area contributed by atoms with Gasteiger partial charge in [-0.15, -0.1) is 0 Å². The lowest BCUT2D eigenvalue weighted by atomic mass is 9.97. The van der Waals surface area contributed by atoms with E-state index in [2.05, 4.69) is 16.4 Å². The van der Waals surface area contributed by atoms with Gasteiger partial charge in [-0.1, -0.05) is 11.6 Å². The second-order valence-corrected chi connectivity index (χ2v) is 7.22. The highest BCUT2D eigenvalue weighted by atomic mass is 32.2. The van der Waals surface area contributed by atoms with E-state index in [-0.39, 0.29) is 12.0 Å². The molecule has 1 aliphatic carbocycles. The van der Waals surface area contributed by atoms with E-state index < -0.39 is 0 Å². The van der Waals surface area contributed by atoms with Crippen molar-refractivity contribution in [3.8, 4) is 5.88 Å². The number of ether oxygens (including phenoxy) is 1. The van der Waals surface area contributed by atoms with Crippen molar-refractivity contribution in [2.45, 2.75) is 44.6 Å². The van der Waals surface area contributed by atoms with Crippen molar-refractivity contribution in [3.63, 3.8) is 0 Å². The van der Waals surface area contributed by atoms with Crippen LogP contribution in [0.1, 0.15) is 48.9 Å². The monoisotopic (exact) mass is 332 g/mol. The molecule has 0 radical (unpaired) electrons. The first kappa shape index (κ1) is 16.4. The number of aromatic nitrogens is 1. The van der Waals surface area contributed by atoms with Crippen molar-refractivity contribution < 1.29 is 9.53 Å². The number of nitrogens with one attached hydrogen (secondary N) is 1. The minimum Gasteiger partial charge on any atom is -0.473 e. The van der Waals surface area contributed by atoms with Crippen LogP contribution >= 0.6 is 11.8 Å². The second kappa shape index (κ2) is 8.39. The molecule has 1 fully saturated rings. The predicted molar refractivity (Wildman–Crippen MR) is 94.1 cm³/mol. The number of thioether (sulfide) groups is 1. The number of carbonyl (C=O) groups excluding carboxylic acids is 1. The Morgan fingerprint density at radius 1 is 1.43 bits per heavy atom. The summed E-state index contributed by atoms with van der Waals surface area (Å²) in [5, 5.41) is 3.01. The Morgan fingerprint density at radius 3 is 3.17 bits per heavy atom. The van der Waals surface area contributed by atoms with E-state index in [0.29, 0.717) is 18.0 Å². The quantitative estimate of drug-likeness (QED) is 0.809. The van der Waals surface area contributed by atoms with Crippen molar-refractivity contribution in [2.75, 3.05) is 18.1 Å². The fraction of sp³-hybridized carbons (Fsp3) is 0.556. The molecule has 4 nitrogen and oxygen atoms in total. The van der Waals surface area contributed by atoms with Crippen molar-refractivity contribution in [3.05, 3.63) is 35.5 Å². The van der Waals surface area contributed by atoms with Gasteiger partial charge in [-0.05, 0) is 56.4 Å².